The van der Waals surface area contributed by atoms with Gasteiger partial charge >= 0.3 is 0 Å². The van der Waals surface area contributed by atoms with Crippen LogP contribution in [-0.4, -0.2) is 11.2 Å². The fourth-order valence-corrected chi connectivity index (χ4v) is 6.08. The molecule has 0 aromatic heterocycles. The lowest BCUT2D eigenvalue weighted by atomic mass is 9.52. The minimum absolute atomic E-state index is 0.0336. The zero-order valence-electron chi connectivity index (χ0n) is 17.1. The van der Waals surface area contributed by atoms with Gasteiger partial charge in [-0.15, -0.1) is 0 Å². The Morgan fingerprint density at radius 1 is 1.08 bits per heavy atom. The highest BCUT2D eigenvalue weighted by Gasteiger charge is 2.54. The Hall–Kier alpha value is -0.560. The van der Waals surface area contributed by atoms with Crippen molar-refractivity contribution in [2.75, 3.05) is 0 Å². The predicted octanol–water partition coefficient (Wildman–Crippen LogP) is 6.83. The van der Waals surface area contributed by atoms with Gasteiger partial charge in [0.05, 0.1) is 11.2 Å². The fraction of sp³-hybridized carbons (Fsp3) is 0.826. The summed E-state index contributed by atoms with van der Waals surface area (Å²) in [4.78, 5) is 0. The number of allylic oxidation sites excluding steroid dienone is 4. The van der Waals surface area contributed by atoms with Crippen LogP contribution in [0, 0.1) is 17.3 Å². The number of ether oxygens (including phenoxy) is 1. The minimum atomic E-state index is -0.0566. The third kappa shape index (κ3) is 3.14. The van der Waals surface area contributed by atoms with Gasteiger partial charge in [0.1, 0.15) is 0 Å². The second-order valence-electron chi connectivity index (χ2n) is 10.3. The molecule has 1 heteroatoms. The summed E-state index contributed by atoms with van der Waals surface area (Å²) in [5.74, 6) is 1.37. The van der Waals surface area contributed by atoms with E-state index >= 15 is 0 Å². The van der Waals surface area contributed by atoms with Gasteiger partial charge in [-0.2, -0.15) is 0 Å². The molecule has 0 amide bonds. The lowest BCUT2D eigenvalue weighted by Crippen LogP contribution is -2.54. The van der Waals surface area contributed by atoms with Crippen LogP contribution in [0.15, 0.2) is 22.8 Å². The summed E-state index contributed by atoms with van der Waals surface area (Å²) in [5, 5.41) is 0. The van der Waals surface area contributed by atoms with Crippen LogP contribution in [0.2, 0.25) is 0 Å². The van der Waals surface area contributed by atoms with Crippen LogP contribution in [0.4, 0.5) is 0 Å². The summed E-state index contributed by atoms with van der Waals surface area (Å²) >= 11 is 0. The molecule has 0 heterocycles. The highest BCUT2D eigenvalue weighted by molar-refractivity contribution is 5.41. The largest absolute Gasteiger partial charge is 0.369 e. The first kappa shape index (κ1) is 18.2. The Labute approximate surface area is 149 Å². The van der Waals surface area contributed by atoms with Gasteiger partial charge in [0.15, 0.2) is 0 Å². The van der Waals surface area contributed by atoms with Gasteiger partial charge in [0.25, 0.3) is 0 Å². The van der Waals surface area contributed by atoms with Crippen molar-refractivity contribution in [2.24, 2.45) is 17.3 Å². The zero-order valence-corrected chi connectivity index (χ0v) is 17.1. The molecular weight excluding hydrogens is 292 g/mol. The second-order valence-corrected chi connectivity index (χ2v) is 10.3. The standard InChI is InChI=1S/C23H38O/c1-16(2)17-9-11-19-18(15-17)10-12-20-22(19,6)13-8-14-23(20,7)24-21(3,4)5/h15-16,20H,8-14H2,1-7H3. The van der Waals surface area contributed by atoms with Crippen LogP contribution in [-0.2, 0) is 4.74 Å². The Bertz CT molecular complexity index is 559. The van der Waals surface area contributed by atoms with Gasteiger partial charge in [0.2, 0.25) is 0 Å². The summed E-state index contributed by atoms with van der Waals surface area (Å²) in [6.07, 6.45) is 11.6. The summed E-state index contributed by atoms with van der Waals surface area (Å²) in [6, 6.07) is 0. The van der Waals surface area contributed by atoms with E-state index < -0.39 is 0 Å². The smallest absolute Gasteiger partial charge is 0.0698 e. The minimum Gasteiger partial charge on any atom is -0.369 e. The molecule has 0 bridgehead atoms. The highest BCUT2D eigenvalue weighted by atomic mass is 16.5. The first-order chi connectivity index (χ1) is 11.1. The molecule has 1 fully saturated rings. The average Bonchev–Trinajstić information content (AvgIpc) is 2.44. The Balaban J connectivity index is 1.96. The predicted molar refractivity (Wildman–Crippen MR) is 103 cm³/mol. The summed E-state index contributed by atoms with van der Waals surface area (Å²) < 4.78 is 6.70. The maximum atomic E-state index is 6.70. The molecule has 3 aliphatic rings. The van der Waals surface area contributed by atoms with E-state index in [1.54, 1.807) is 16.7 Å². The number of hydrogen-bond donors (Lipinski definition) is 0. The molecule has 24 heavy (non-hydrogen) atoms. The number of rotatable bonds is 2. The number of fused-ring (bicyclic) bond motifs is 2. The Morgan fingerprint density at radius 2 is 1.79 bits per heavy atom. The van der Waals surface area contributed by atoms with Crippen molar-refractivity contribution in [1.29, 1.82) is 0 Å². The van der Waals surface area contributed by atoms with Gasteiger partial charge in [-0.05, 0) is 95.5 Å². The van der Waals surface area contributed by atoms with Crippen molar-refractivity contribution in [1.82, 2.24) is 0 Å². The molecule has 0 saturated heterocycles. The molecule has 0 spiro atoms. The second kappa shape index (κ2) is 6.01. The van der Waals surface area contributed by atoms with E-state index in [1.807, 2.05) is 0 Å². The van der Waals surface area contributed by atoms with Crippen molar-refractivity contribution in [3.63, 3.8) is 0 Å². The first-order valence-electron chi connectivity index (χ1n) is 10.2. The maximum absolute atomic E-state index is 6.70. The van der Waals surface area contributed by atoms with E-state index in [0.717, 1.165) is 0 Å². The van der Waals surface area contributed by atoms with Crippen LogP contribution < -0.4 is 0 Å². The normalized spacial score (nSPS) is 37.2. The molecule has 0 aromatic carbocycles. The van der Waals surface area contributed by atoms with E-state index in [9.17, 15) is 0 Å². The van der Waals surface area contributed by atoms with E-state index in [0.29, 0.717) is 17.3 Å². The molecule has 1 saturated carbocycles. The average molecular weight is 331 g/mol. The third-order valence-corrected chi connectivity index (χ3v) is 6.96. The van der Waals surface area contributed by atoms with Crippen LogP contribution in [0.25, 0.3) is 0 Å². The van der Waals surface area contributed by atoms with Crippen LogP contribution in [0.5, 0.6) is 0 Å². The zero-order chi connectivity index (χ0) is 17.8. The molecule has 3 atom stereocenters. The lowest BCUT2D eigenvalue weighted by Gasteiger charge is -2.57. The molecule has 0 radical (unpaired) electrons. The topological polar surface area (TPSA) is 9.23 Å². The maximum Gasteiger partial charge on any atom is 0.0698 e. The van der Waals surface area contributed by atoms with Gasteiger partial charge in [-0.25, -0.2) is 0 Å². The first-order valence-corrected chi connectivity index (χ1v) is 10.2. The van der Waals surface area contributed by atoms with Crippen molar-refractivity contribution in [3.8, 4) is 0 Å². The molecule has 0 aromatic rings. The molecule has 3 aliphatic carbocycles. The van der Waals surface area contributed by atoms with Crippen molar-refractivity contribution < 1.29 is 4.74 Å². The molecule has 3 rings (SSSR count). The quantitative estimate of drug-likeness (QED) is 0.539. The SMILES string of the molecule is CC(C)C1=CC2=C(CC1)C1(C)CCCC(C)(OC(C)(C)C)C1CC2. The van der Waals surface area contributed by atoms with E-state index in [4.69, 9.17) is 4.74 Å². The molecular formula is C23H38O. The summed E-state index contributed by atoms with van der Waals surface area (Å²) in [6.45, 7) is 16.3. The van der Waals surface area contributed by atoms with Gasteiger partial charge < -0.3 is 4.74 Å². The van der Waals surface area contributed by atoms with E-state index in [-0.39, 0.29) is 11.2 Å². The molecule has 3 unspecified atom stereocenters. The van der Waals surface area contributed by atoms with Gasteiger partial charge in [-0.3, -0.25) is 0 Å². The Kier molecular flexibility index (Phi) is 4.56. The summed E-state index contributed by atoms with van der Waals surface area (Å²) in [5.41, 5.74) is 5.46. The van der Waals surface area contributed by atoms with Crippen LogP contribution >= 0.6 is 0 Å². The lowest BCUT2D eigenvalue weighted by molar-refractivity contribution is -0.192. The third-order valence-electron chi connectivity index (χ3n) is 6.96. The Morgan fingerprint density at radius 3 is 2.42 bits per heavy atom. The van der Waals surface area contributed by atoms with Crippen molar-refractivity contribution in [2.45, 2.75) is 105 Å². The number of hydrogen-bond acceptors (Lipinski definition) is 1. The summed E-state index contributed by atoms with van der Waals surface area (Å²) in [7, 11) is 0. The van der Waals surface area contributed by atoms with Crippen molar-refractivity contribution in [3.05, 3.63) is 22.8 Å². The molecule has 0 N–H and O–H groups in total. The van der Waals surface area contributed by atoms with E-state index in [1.165, 1.54) is 44.9 Å². The van der Waals surface area contributed by atoms with Crippen LogP contribution in [0.1, 0.15) is 93.4 Å². The monoisotopic (exact) mass is 330 g/mol. The molecule has 0 aliphatic heterocycles. The van der Waals surface area contributed by atoms with E-state index in [2.05, 4.69) is 54.5 Å². The highest BCUT2D eigenvalue weighted by Crippen LogP contribution is 2.60. The van der Waals surface area contributed by atoms with Gasteiger partial charge in [0, 0.05) is 0 Å². The van der Waals surface area contributed by atoms with Crippen molar-refractivity contribution >= 4 is 0 Å². The van der Waals surface area contributed by atoms with Crippen LogP contribution in [0.3, 0.4) is 0 Å². The molecule has 136 valence electrons. The fourth-order valence-electron chi connectivity index (χ4n) is 6.08. The van der Waals surface area contributed by atoms with Gasteiger partial charge in [-0.1, -0.05) is 38.0 Å². The molecule has 1 nitrogen and oxygen atoms in total.